The zero-order chi connectivity index (χ0) is 15.9. The number of benzene rings is 1. The summed E-state index contributed by atoms with van der Waals surface area (Å²) in [6.07, 6.45) is 4.07. The summed E-state index contributed by atoms with van der Waals surface area (Å²) in [5.41, 5.74) is 1.86. The second-order valence-corrected chi connectivity index (χ2v) is 5.02. The number of aryl methyl sites for hydroxylation is 1. The lowest BCUT2D eigenvalue weighted by molar-refractivity contribution is -0.121. The fourth-order valence-electron chi connectivity index (χ4n) is 2.07. The normalized spacial score (nSPS) is 10.4. The van der Waals surface area contributed by atoms with E-state index in [1.54, 1.807) is 12.4 Å². The molecule has 0 bridgehead atoms. The minimum Gasteiger partial charge on any atom is -0.352 e. The van der Waals surface area contributed by atoms with E-state index in [9.17, 15) is 4.79 Å². The maximum Gasteiger partial charge on any atom is 0.227 e. The first-order chi connectivity index (χ1) is 11.3. The van der Waals surface area contributed by atoms with Crippen LogP contribution in [-0.2, 0) is 17.8 Å². The molecular formula is C17H16N4O2. The van der Waals surface area contributed by atoms with E-state index in [2.05, 4.69) is 20.4 Å². The van der Waals surface area contributed by atoms with Gasteiger partial charge < -0.3 is 9.84 Å². The van der Waals surface area contributed by atoms with Crippen LogP contribution < -0.4 is 5.32 Å². The van der Waals surface area contributed by atoms with Gasteiger partial charge in [-0.3, -0.25) is 9.78 Å². The van der Waals surface area contributed by atoms with Crippen molar-refractivity contribution in [1.29, 1.82) is 0 Å². The van der Waals surface area contributed by atoms with Crippen LogP contribution in [0.2, 0.25) is 0 Å². The highest BCUT2D eigenvalue weighted by Crippen LogP contribution is 2.14. The van der Waals surface area contributed by atoms with Gasteiger partial charge in [0, 0.05) is 37.3 Å². The van der Waals surface area contributed by atoms with Crippen LogP contribution >= 0.6 is 0 Å². The Morgan fingerprint density at radius 3 is 2.78 bits per heavy atom. The first kappa shape index (κ1) is 14.9. The molecule has 3 rings (SSSR count). The van der Waals surface area contributed by atoms with Crippen molar-refractivity contribution < 1.29 is 9.32 Å². The van der Waals surface area contributed by atoms with Crippen molar-refractivity contribution >= 4 is 5.91 Å². The number of carbonyl (C=O) groups is 1. The summed E-state index contributed by atoms with van der Waals surface area (Å²) < 4.78 is 5.16. The molecule has 0 fully saturated rings. The Morgan fingerprint density at radius 2 is 2.00 bits per heavy atom. The summed E-state index contributed by atoms with van der Waals surface area (Å²) in [7, 11) is 0. The molecule has 1 N–H and O–H groups in total. The number of nitrogens with one attached hydrogen (secondary N) is 1. The van der Waals surface area contributed by atoms with Gasteiger partial charge in [0.1, 0.15) is 0 Å². The predicted octanol–water partition coefficient (Wildman–Crippen LogP) is 2.38. The maximum absolute atomic E-state index is 11.9. The summed E-state index contributed by atoms with van der Waals surface area (Å²) >= 11 is 0. The number of aromatic nitrogens is 3. The first-order valence-electron chi connectivity index (χ1n) is 7.35. The van der Waals surface area contributed by atoms with Crippen LogP contribution in [0.25, 0.3) is 11.4 Å². The van der Waals surface area contributed by atoms with Gasteiger partial charge >= 0.3 is 0 Å². The van der Waals surface area contributed by atoms with Crippen LogP contribution in [0.3, 0.4) is 0 Å². The van der Waals surface area contributed by atoms with Gasteiger partial charge in [0.25, 0.3) is 0 Å². The molecule has 0 aliphatic heterocycles. The Morgan fingerprint density at radius 1 is 1.13 bits per heavy atom. The van der Waals surface area contributed by atoms with E-state index in [4.69, 9.17) is 4.52 Å². The minimum absolute atomic E-state index is 0.0463. The molecule has 0 saturated carbocycles. The van der Waals surface area contributed by atoms with Gasteiger partial charge in [-0.1, -0.05) is 35.5 Å². The van der Waals surface area contributed by atoms with Gasteiger partial charge in [-0.2, -0.15) is 4.98 Å². The van der Waals surface area contributed by atoms with E-state index < -0.39 is 0 Å². The highest BCUT2D eigenvalue weighted by molar-refractivity contribution is 5.76. The van der Waals surface area contributed by atoms with E-state index >= 15 is 0 Å². The molecule has 2 aromatic heterocycles. The number of hydrogen-bond donors (Lipinski definition) is 1. The summed E-state index contributed by atoms with van der Waals surface area (Å²) in [6.45, 7) is 0.518. The molecule has 0 aliphatic rings. The largest absolute Gasteiger partial charge is 0.352 e. The summed E-state index contributed by atoms with van der Waals surface area (Å²) in [5.74, 6) is 0.881. The number of amides is 1. The molecule has 23 heavy (non-hydrogen) atoms. The first-order valence-corrected chi connectivity index (χ1v) is 7.35. The summed E-state index contributed by atoms with van der Waals surface area (Å²) in [4.78, 5) is 20.1. The fourth-order valence-corrected chi connectivity index (χ4v) is 2.07. The van der Waals surface area contributed by atoms with E-state index in [1.807, 2.05) is 42.5 Å². The number of pyridine rings is 1. The third-order valence-electron chi connectivity index (χ3n) is 3.29. The van der Waals surface area contributed by atoms with Gasteiger partial charge in [0.05, 0.1) is 0 Å². The van der Waals surface area contributed by atoms with E-state index in [0.29, 0.717) is 31.1 Å². The van der Waals surface area contributed by atoms with Crippen molar-refractivity contribution in [3.05, 3.63) is 66.3 Å². The van der Waals surface area contributed by atoms with Crippen LogP contribution in [0.1, 0.15) is 17.9 Å². The molecule has 1 amide bonds. The quantitative estimate of drug-likeness (QED) is 0.756. The highest BCUT2D eigenvalue weighted by atomic mass is 16.5. The second-order valence-electron chi connectivity index (χ2n) is 5.02. The lowest BCUT2D eigenvalue weighted by atomic mass is 10.2. The second kappa shape index (κ2) is 7.31. The lowest BCUT2D eigenvalue weighted by Gasteiger charge is -2.03. The average Bonchev–Trinajstić information content (AvgIpc) is 3.09. The Kier molecular flexibility index (Phi) is 4.73. The fraction of sp³-hybridized carbons (Fsp3) is 0.176. The standard InChI is InChI=1S/C17H16N4O2/c22-15(19-11-13-5-2-1-3-6-13)8-9-16-20-17(21-23-16)14-7-4-10-18-12-14/h1-7,10,12H,8-9,11H2,(H,19,22). The molecule has 0 radical (unpaired) electrons. The van der Waals surface area contributed by atoms with Gasteiger partial charge in [0.15, 0.2) is 0 Å². The van der Waals surface area contributed by atoms with Crippen molar-refractivity contribution in [1.82, 2.24) is 20.4 Å². The topological polar surface area (TPSA) is 80.9 Å². The van der Waals surface area contributed by atoms with E-state index in [-0.39, 0.29) is 5.91 Å². The molecule has 6 heteroatoms. The third-order valence-corrected chi connectivity index (χ3v) is 3.29. The Hall–Kier alpha value is -3.02. The number of rotatable bonds is 6. The van der Waals surface area contributed by atoms with Crippen molar-refractivity contribution in [2.75, 3.05) is 0 Å². The summed E-state index contributed by atoms with van der Waals surface area (Å²) in [6, 6.07) is 13.4. The Bertz CT molecular complexity index is 757. The van der Waals surface area contributed by atoms with Crippen molar-refractivity contribution in [2.24, 2.45) is 0 Å². The number of hydrogen-bond acceptors (Lipinski definition) is 5. The molecule has 1 aromatic carbocycles. The zero-order valence-electron chi connectivity index (χ0n) is 12.5. The molecule has 0 atom stereocenters. The lowest BCUT2D eigenvalue weighted by Crippen LogP contribution is -2.22. The Balaban J connectivity index is 1.49. The van der Waals surface area contributed by atoms with E-state index in [1.165, 1.54) is 0 Å². The van der Waals surface area contributed by atoms with Crippen LogP contribution in [0, 0.1) is 0 Å². The predicted molar refractivity (Wildman–Crippen MR) is 84.1 cm³/mol. The number of nitrogens with zero attached hydrogens (tertiary/aromatic N) is 3. The molecule has 3 aromatic rings. The zero-order valence-corrected chi connectivity index (χ0v) is 12.5. The SMILES string of the molecule is O=C(CCc1nc(-c2cccnc2)no1)NCc1ccccc1. The third kappa shape index (κ3) is 4.23. The summed E-state index contributed by atoms with van der Waals surface area (Å²) in [5, 5.41) is 6.77. The highest BCUT2D eigenvalue weighted by Gasteiger charge is 2.10. The maximum atomic E-state index is 11.9. The van der Waals surface area contributed by atoms with Gasteiger partial charge in [-0.25, -0.2) is 0 Å². The Labute approximate surface area is 133 Å². The van der Waals surface area contributed by atoms with Crippen LogP contribution in [-0.4, -0.2) is 21.0 Å². The molecule has 0 unspecified atom stereocenters. The van der Waals surface area contributed by atoms with Crippen LogP contribution in [0.15, 0.2) is 59.4 Å². The van der Waals surface area contributed by atoms with Crippen LogP contribution in [0.5, 0.6) is 0 Å². The van der Waals surface area contributed by atoms with Crippen molar-refractivity contribution in [2.45, 2.75) is 19.4 Å². The monoisotopic (exact) mass is 308 g/mol. The molecule has 2 heterocycles. The van der Waals surface area contributed by atoms with Gasteiger partial charge in [0.2, 0.25) is 17.6 Å². The van der Waals surface area contributed by atoms with E-state index in [0.717, 1.165) is 11.1 Å². The molecular weight excluding hydrogens is 292 g/mol. The van der Waals surface area contributed by atoms with Gasteiger partial charge in [-0.05, 0) is 17.7 Å². The molecule has 0 saturated heterocycles. The van der Waals surface area contributed by atoms with Crippen molar-refractivity contribution in [3.8, 4) is 11.4 Å². The van der Waals surface area contributed by atoms with Gasteiger partial charge in [-0.15, -0.1) is 0 Å². The smallest absolute Gasteiger partial charge is 0.227 e. The van der Waals surface area contributed by atoms with Crippen LogP contribution in [0.4, 0.5) is 0 Å². The molecule has 116 valence electrons. The minimum atomic E-state index is -0.0463. The molecule has 0 aliphatic carbocycles. The molecule has 0 spiro atoms. The average molecular weight is 308 g/mol. The van der Waals surface area contributed by atoms with Crippen molar-refractivity contribution in [3.63, 3.8) is 0 Å². The number of carbonyl (C=O) groups excluding carboxylic acids is 1. The molecule has 6 nitrogen and oxygen atoms in total.